The van der Waals surface area contributed by atoms with E-state index in [1.807, 2.05) is 4.68 Å². The number of aromatic nitrogens is 2. The quantitative estimate of drug-likeness (QED) is 0.830. The number of nitrogens with zero attached hydrogens (tertiary/aromatic N) is 2. The molecule has 90 valence electrons. The summed E-state index contributed by atoms with van der Waals surface area (Å²) in [7, 11) is 0. The molecular weight excluding hydrogens is 222 g/mol. The number of halogens is 1. The zero-order valence-corrected chi connectivity index (χ0v) is 10.8. The Balaban J connectivity index is 1.90. The maximum absolute atomic E-state index is 6.17. The molecule has 1 fully saturated rings. The third-order valence-electron chi connectivity index (χ3n) is 3.19. The fraction of sp³-hybridized carbons (Fsp3) is 0.750. The first-order valence-corrected chi connectivity index (χ1v) is 6.54. The Morgan fingerprint density at radius 1 is 1.62 bits per heavy atom. The van der Waals surface area contributed by atoms with Crippen LogP contribution in [-0.2, 0) is 6.54 Å². The molecule has 2 rings (SSSR count). The lowest BCUT2D eigenvalue weighted by atomic mass is 10.0. The van der Waals surface area contributed by atoms with Crippen molar-refractivity contribution >= 4 is 11.6 Å². The zero-order chi connectivity index (χ0) is 11.5. The normalized spacial score (nSPS) is 17.7. The molecule has 1 N–H and O–H groups in total. The van der Waals surface area contributed by atoms with Crippen molar-refractivity contribution < 1.29 is 0 Å². The fourth-order valence-electron chi connectivity index (χ4n) is 2.04. The van der Waals surface area contributed by atoms with Gasteiger partial charge in [-0.3, -0.25) is 4.68 Å². The molecule has 4 heteroatoms. The predicted molar refractivity (Wildman–Crippen MR) is 67.0 cm³/mol. The number of nitrogens with one attached hydrogen (secondary N) is 1. The van der Waals surface area contributed by atoms with Crippen LogP contribution in [-0.4, -0.2) is 22.4 Å². The third-order valence-corrected chi connectivity index (χ3v) is 3.48. The highest BCUT2D eigenvalue weighted by Crippen LogP contribution is 2.27. The van der Waals surface area contributed by atoms with Gasteiger partial charge in [0.05, 0.1) is 16.9 Å². The second kappa shape index (κ2) is 5.19. The Hall–Kier alpha value is -0.540. The molecule has 1 aromatic heterocycles. The van der Waals surface area contributed by atoms with Crippen molar-refractivity contribution in [1.82, 2.24) is 15.1 Å². The van der Waals surface area contributed by atoms with E-state index in [0.29, 0.717) is 5.92 Å². The van der Waals surface area contributed by atoms with Crippen molar-refractivity contribution in [3.8, 4) is 0 Å². The highest BCUT2D eigenvalue weighted by Gasteiger charge is 2.21. The average Bonchev–Trinajstić information content (AvgIpc) is 3.00. The second-order valence-corrected chi connectivity index (χ2v) is 5.02. The first kappa shape index (κ1) is 11.9. The lowest BCUT2D eigenvalue weighted by Gasteiger charge is -2.14. The number of aryl methyl sites for hydroxylation is 1. The van der Waals surface area contributed by atoms with Crippen LogP contribution in [0.15, 0.2) is 6.20 Å². The van der Waals surface area contributed by atoms with Crippen molar-refractivity contribution in [2.24, 2.45) is 0 Å². The van der Waals surface area contributed by atoms with E-state index in [-0.39, 0.29) is 0 Å². The summed E-state index contributed by atoms with van der Waals surface area (Å²) in [5.74, 6) is 0.473. The molecule has 0 saturated heterocycles. The van der Waals surface area contributed by atoms with Gasteiger partial charge in [0.1, 0.15) is 0 Å². The molecule has 1 unspecified atom stereocenters. The predicted octanol–water partition coefficient (Wildman–Crippen LogP) is 2.80. The van der Waals surface area contributed by atoms with Gasteiger partial charge in [0.15, 0.2) is 0 Å². The summed E-state index contributed by atoms with van der Waals surface area (Å²) in [6.07, 6.45) is 5.58. The third kappa shape index (κ3) is 2.77. The van der Waals surface area contributed by atoms with E-state index in [0.717, 1.165) is 30.6 Å². The number of hydrogen-bond acceptors (Lipinski definition) is 2. The van der Waals surface area contributed by atoms with Gasteiger partial charge in [0.2, 0.25) is 0 Å². The Kier molecular flexibility index (Phi) is 3.87. The molecule has 0 amide bonds. The summed E-state index contributed by atoms with van der Waals surface area (Å²) in [4.78, 5) is 0. The van der Waals surface area contributed by atoms with Crippen LogP contribution in [0.1, 0.15) is 44.7 Å². The summed E-state index contributed by atoms with van der Waals surface area (Å²) < 4.78 is 2.00. The number of rotatable bonds is 6. The van der Waals surface area contributed by atoms with Crippen molar-refractivity contribution in [3.63, 3.8) is 0 Å². The van der Waals surface area contributed by atoms with Crippen LogP contribution in [0.3, 0.4) is 0 Å². The number of hydrogen-bond donors (Lipinski definition) is 1. The Labute approximate surface area is 102 Å². The Bertz CT molecular complexity index is 344. The van der Waals surface area contributed by atoms with Gasteiger partial charge < -0.3 is 5.32 Å². The largest absolute Gasteiger partial charge is 0.314 e. The van der Waals surface area contributed by atoms with Gasteiger partial charge in [-0.05, 0) is 32.7 Å². The maximum Gasteiger partial charge on any atom is 0.0820 e. The summed E-state index contributed by atoms with van der Waals surface area (Å²) in [6.45, 7) is 6.30. The highest BCUT2D eigenvalue weighted by molar-refractivity contribution is 6.31. The molecule has 0 bridgehead atoms. The molecule has 1 aliphatic carbocycles. The lowest BCUT2D eigenvalue weighted by Crippen LogP contribution is -2.20. The molecular formula is C12H20ClN3. The van der Waals surface area contributed by atoms with Crippen LogP contribution in [0.2, 0.25) is 5.02 Å². The lowest BCUT2D eigenvalue weighted by molar-refractivity contribution is 0.536. The van der Waals surface area contributed by atoms with Gasteiger partial charge in [0, 0.05) is 18.5 Å². The standard InChI is InChI=1S/C12H20ClN3/c1-3-16-12(11(13)8-15-16)9(2)6-7-14-10-4-5-10/h8-10,14H,3-7H2,1-2H3. The molecule has 1 heterocycles. The monoisotopic (exact) mass is 241 g/mol. The molecule has 0 spiro atoms. The van der Waals surface area contributed by atoms with E-state index >= 15 is 0 Å². The van der Waals surface area contributed by atoms with Crippen molar-refractivity contribution in [2.75, 3.05) is 6.54 Å². The minimum Gasteiger partial charge on any atom is -0.314 e. The highest BCUT2D eigenvalue weighted by atomic mass is 35.5. The first-order chi connectivity index (χ1) is 7.72. The summed E-state index contributed by atoms with van der Waals surface area (Å²) >= 11 is 6.17. The minimum atomic E-state index is 0.473. The molecule has 0 aliphatic heterocycles. The summed E-state index contributed by atoms with van der Waals surface area (Å²) in [6, 6.07) is 0.791. The molecule has 1 saturated carbocycles. The van der Waals surface area contributed by atoms with E-state index in [1.165, 1.54) is 18.5 Å². The van der Waals surface area contributed by atoms with Gasteiger partial charge in [-0.15, -0.1) is 0 Å². The van der Waals surface area contributed by atoms with E-state index in [4.69, 9.17) is 11.6 Å². The molecule has 3 nitrogen and oxygen atoms in total. The van der Waals surface area contributed by atoms with E-state index in [2.05, 4.69) is 24.3 Å². The molecule has 1 atom stereocenters. The first-order valence-electron chi connectivity index (χ1n) is 6.17. The second-order valence-electron chi connectivity index (χ2n) is 4.61. The van der Waals surface area contributed by atoms with Gasteiger partial charge in [0.25, 0.3) is 0 Å². The fourth-order valence-corrected chi connectivity index (χ4v) is 2.37. The van der Waals surface area contributed by atoms with Crippen LogP contribution in [0.25, 0.3) is 0 Å². The van der Waals surface area contributed by atoms with Crippen LogP contribution in [0.4, 0.5) is 0 Å². The van der Waals surface area contributed by atoms with Crippen LogP contribution < -0.4 is 5.32 Å². The van der Waals surface area contributed by atoms with Crippen molar-refractivity contribution in [2.45, 2.75) is 51.6 Å². The van der Waals surface area contributed by atoms with Gasteiger partial charge in [-0.2, -0.15) is 5.10 Å². The van der Waals surface area contributed by atoms with Crippen LogP contribution in [0.5, 0.6) is 0 Å². The van der Waals surface area contributed by atoms with Gasteiger partial charge in [-0.1, -0.05) is 18.5 Å². The van der Waals surface area contributed by atoms with E-state index in [1.54, 1.807) is 6.20 Å². The summed E-state index contributed by atoms with van der Waals surface area (Å²) in [5.41, 5.74) is 1.18. The van der Waals surface area contributed by atoms with Crippen LogP contribution >= 0.6 is 11.6 Å². The van der Waals surface area contributed by atoms with Crippen LogP contribution in [0, 0.1) is 0 Å². The molecule has 0 radical (unpaired) electrons. The molecule has 16 heavy (non-hydrogen) atoms. The molecule has 0 aromatic carbocycles. The van der Waals surface area contributed by atoms with E-state index in [9.17, 15) is 0 Å². The zero-order valence-electron chi connectivity index (χ0n) is 10.0. The van der Waals surface area contributed by atoms with Gasteiger partial charge in [-0.25, -0.2) is 0 Å². The van der Waals surface area contributed by atoms with Crippen molar-refractivity contribution in [3.05, 3.63) is 16.9 Å². The Morgan fingerprint density at radius 2 is 2.38 bits per heavy atom. The SMILES string of the molecule is CCn1ncc(Cl)c1C(C)CCNC1CC1. The maximum atomic E-state index is 6.17. The molecule has 1 aromatic rings. The Morgan fingerprint density at radius 3 is 3.00 bits per heavy atom. The van der Waals surface area contributed by atoms with E-state index < -0.39 is 0 Å². The summed E-state index contributed by atoms with van der Waals surface area (Å²) in [5, 5.41) is 8.62. The average molecular weight is 242 g/mol. The van der Waals surface area contributed by atoms with Gasteiger partial charge >= 0.3 is 0 Å². The smallest absolute Gasteiger partial charge is 0.0820 e. The van der Waals surface area contributed by atoms with Crippen molar-refractivity contribution in [1.29, 1.82) is 0 Å². The minimum absolute atomic E-state index is 0.473. The molecule has 1 aliphatic rings. The topological polar surface area (TPSA) is 29.9 Å².